The number of para-hydroxylation sites is 1. The topological polar surface area (TPSA) is 50.9 Å². The third kappa shape index (κ3) is 9.05. The van der Waals surface area contributed by atoms with Crippen molar-refractivity contribution in [1.82, 2.24) is 14.5 Å². The quantitative estimate of drug-likeness (QED) is 0.173. The molecule has 4 heteroatoms. The number of nitrogens with zero attached hydrogens (tertiary/aromatic N) is 3. The van der Waals surface area contributed by atoms with Crippen molar-refractivity contribution in [2.75, 3.05) is 0 Å². The second-order valence-electron chi connectivity index (χ2n) is 22.3. The van der Waals surface area contributed by atoms with Gasteiger partial charge in [-0.05, 0) is 126 Å². The summed E-state index contributed by atoms with van der Waals surface area (Å²) in [5.41, 5.74) is 12.8. The van der Waals surface area contributed by atoms with Gasteiger partial charge in [0.05, 0.1) is 33.5 Å². The molecule has 0 aliphatic rings. The third-order valence-electron chi connectivity index (χ3n) is 13.0. The predicted octanol–water partition coefficient (Wildman–Crippen LogP) is 17.3. The first kappa shape index (κ1) is 41.2. The standard InChI is InChI=1S/C64H65N3O/c1-61(2,3)48-28-26-42(27-29-48)45-34-46(36-47(35-45)55-37-44(32-33-65-55)41-20-15-13-16-21-41)51-24-19-25-57-58(51)66-60(53-39-50(63(7,8)9)40-54(59(53)68)64(10,11)12)67(57)56-31-30-49(62(4,5)6)38-52(56)43-22-17-14-18-23-43/h13-40,68H,1-12H3/i26D,27D,28D,29D. The van der Waals surface area contributed by atoms with Crippen molar-refractivity contribution in [3.63, 3.8) is 0 Å². The molecule has 0 fully saturated rings. The minimum atomic E-state index is -0.624. The van der Waals surface area contributed by atoms with E-state index in [0.29, 0.717) is 33.7 Å². The molecule has 0 aliphatic heterocycles. The van der Waals surface area contributed by atoms with E-state index >= 15 is 0 Å². The number of hydrogen-bond donors (Lipinski definition) is 1. The summed E-state index contributed by atoms with van der Waals surface area (Å²) in [6.45, 7) is 25.4. The van der Waals surface area contributed by atoms with E-state index < -0.39 is 10.8 Å². The summed E-state index contributed by atoms with van der Waals surface area (Å²) in [4.78, 5) is 10.6. The zero-order chi connectivity index (χ0) is 51.8. The molecule has 68 heavy (non-hydrogen) atoms. The first-order chi connectivity index (χ1) is 33.8. The molecule has 0 spiro atoms. The van der Waals surface area contributed by atoms with E-state index in [4.69, 9.17) is 9.97 Å². The van der Waals surface area contributed by atoms with Gasteiger partial charge < -0.3 is 5.11 Å². The van der Waals surface area contributed by atoms with E-state index in [2.05, 4.69) is 146 Å². The minimum Gasteiger partial charge on any atom is -0.507 e. The van der Waals surface area contributed by atoms with Crippen molar-refractivity contribution in [3.05, 3.63) is 192 Å². The minimum absolute atomic E-state index is 0.0567. The summed E-state index contributed by atoms with van der Waals surface area (Å²) in [5.74, 6) is 0.759. The second-order valence-corrected chi connectivity index (χ2v) is 22.3. The van der Waals surface area contributed by atoms with E-state index in [9.17, 15) is 10.6 Å². The van der Waals surface area contributed by atoms with Gasteiger partial charge in [0, 0.05) is 28.5 Å². The molecule has 0 radical (unpaired) electrons. The summed E-state index contributed by atoms with van der Waals surface area (Å²) in [6.07, 6.45) is 1.80. The van der Waals surface area contributed by atoms with Gasteiger partial charge in [-0.1, -0.05) is 192 Å². The largest absolute Gasteiger partial charge is 0.507 e. The molecule has 0 saturated heterocycles. The molecule has 2 heterocycles. The normalized spacial score (nSPS) is 13.3. The number of benzene rings is 7. The van der Waals surface area contributed by atoms with Gasteiger partial charge in [0.25, 0.3) is 0 Å². The number of imidazole rings is 1. The summed E-state index contributed by atoms with van der Waals surface area (Å²) < 4.78 is 39.7. The van der Waals surface area contributed by atoms with E-state index in [0.717, 1.165) is 61.3 Å². The molecule has 4 nitrogen and oxygen atoms in total. The van der Waals surface area contributed by atoms with Crippen molar-refractivity contribution < 1.29 is 10.6 Å². The van der Waals surface area contributed by atoms with Crippen LogP contribution < -0.4 is 0 Å². The number of rotatable bonds is 7. The van der Waals surface area contributed by atoms with Crippen LogP contribution in [0.5, 0.6) is 5.75 Å². The molecule has 0 atom stereocenters. The van der Waals surface area contributed by atoms with Gasteiger partial charge in [-0.2, -0.15) is 0 Å². The molecule has 0 amide bonds. The second kappa shape index (κ2) is 17.2. The molecule has 0 bridgehead atoms. The van der Waals surface area contributed by atoms with E-state index in [1.807, 2.05) is 81.4 Å². The number of fused-ring (bicyclic) bond motifs is 1. The van der Waals surface area contributed by atoms with E-state index in [-0.39, 0.29) is 46.3 Å². The average molecular weight is 896 g/mol. The lowest BCUT2D eigenvalue weighted by Crippen LogP contribution is -2.17. The molecule has 7 aromatic carbocycles. The molecule has 2 aromatic heterocycles. The van der Waals surface area contributed by atoms with Crippen LogP contribution in [0, 0.1) is 0 Å². The number of aromatic hydroxyl groups is 1. The van der Waals surface area contributed by atoms with Gasteiger partial charge in [-0.25, -0.2) is 4.98 Å². The highest BCUT2D eigenvalue weighted by atomic mass is 16.3. The van der Waals surface area contributed by atoms with Crippen molar-refractivity contribution in [2.45, 2.75) is 105 Å². The predicted molar refractivity (Wildman–Crippen MR) is 288 cm³/mol. The molecule has 0 unspecified atom stereocenters. The molecule has 342 valence electrons. The molecule has 9 aromatic rings. The number of aromatic nitrogens is 3. The third-order valence-corrected chi connectivity index (χ3v) is 13.0. The van der Waals surface area contributed by atoms with Crippen LogP contribution in [0.2, 0.25) is 0 Å². The van der Waals surface area contributed by atoms with Gasteiger partial charge in [-0.15, -0.1) is 0 Å². The number of phenols is 1. The zero-order valence-corrected chi connectivity index (χ0v) is 41.6. The van der Waals surface area contributed by atoms with Gasteiger partial charge in [0.15, 0.2) is 0 Å². The van der Waals surface area contributed by atoms with Crippen molar-refractivity contribution >= 4 is 11.0 Å². The molecular formula is C64H65N3O. The SMILES string of the molecule is [2H]c1c([2H])c(C(C)(C)C)c([2H])c([2H])c1-c1cc(-c2cc(-c3ccccc3)ccn2)cc(-c2cccc3c2nc(-c2cc(C(C)(C)C)cc(C(C)(C)C)c2O)n3-c2ccc(C(C)(C)C)cc2-c2ccccc2)c1. The average Bonchev–Trinajstić information content (AvgIpc) is 3.72. The van der Waals surface area contributed by atoms with E-state index in [1.165, 1.54) is 5.56 Å². The van der Waals surface area contributed by atoms with Crippen LogP contribution in [0.15, 0.2) is 170 Å². The highest BCUT2D eigenvalue weighted by Crippen LogP contribution is 2.46. The summed E-state index contributed by atoms with van der Waals surface area (Å²) >= 11 is 0. The van der Waals surface area contributed by atoms with Gasteiger partial charge in [0.2, 0.25) is 0 Å². The van der Waals surface area contributed by atoms with E-state index in [1.54, 1.807) is 6.20 Å². The maximum atomic E-state index is 12.7. The highest BCUT2D eigenvalue weighted by molar-refractivity contribution is 5.98. The lowest BCUT2D eigenvalue weighted by Gasteiger charge is -2.28. The first-order valence-corrected chi connectivity index (χ1v) is 23.7. The van der Waals surface area contributed by atoms with Crippen LogP contribution in [0.25, 0.3) is 83.9 Å². The zero-order valence-electron chi connectivity index (χ0n) is 45.6. The van der Waals surface area contributed by atoms with Crippen molar-refractivity contribution in [3.8, 4) is 78.6 Å². The van der Waals surface area contributed by atoms with Crippen LogP contribution in [-0.4, -0.2) is 19.6 Å². The maximum Gasteiger partial charge on any atom is 0.149 e. The Bertz CT molecular complexity index is 3520. The van der Waals surface area contributed by atoms with Gasteiger partial charge >= 0.3 is 0 Å². The van der Waals surface area contributed by atoms with Gasteiger partial charge in [0.1, 0.15) is 11.6 Å². The van der Waals surface area contributed by atoms with Crippen molar-refractivity contribution in [2.24, 2.45) is 0 Å². The summed E-state index contributed by atoms with van der Waals surface area (Å²) in [5, 5.41) is 12.7. The van der Waals surface area contributed by atoms with Crippen LogP contribution in [0.1, 0.15) is 111 Å². The number of hydrogen-bond acceptors (Lipinski definition) is 3. The Morgan fingerprint density at radius 1 is 0.441 bits per heavy atom. The number of pyridine rings is 1. The van der Waals surface area contributed by atoms with Gasteiger partial charge in [-0.3, -0.25) is 9.55 Å². The lowest BCUT2D eigenvalue weighted by molar-refractivity contribution is 0.446. The Balaban J connectivity index is 1.41. The molecule has 9 rings (SSSR count). The molecule has 0 saturated carbocycles. The Labute approximate surface area is 410 Å². The van der Waals surface area contributed by atoms with Crippen molar-refractivity contribution in [1.29, 1.82) is 0 Å². The molecule has 1 N–H and O–H groups in total. The Morgan fingerprint density at radius 2 is 1.04 bits per heavy atom. The van der Waals surface area contributed by atoms with Crippen LogP contribution in [-0.2, 0) is 21.7 Å². The fourth-order valence-corrected chi connectivity index (χ4v) is 8.92. The monoisotopic (exact) mass is 896 g/mol. The Hall–Kier alpha value is -7.04. The fraction of sp³-hybridized carbons (Fsp3) is 0.250. The molecule has 0 aliphatic carbocycles. The lowest BCUT2D eigenvalue weighted by atomic mass is 9.79. The summed E-state index contributed by atoms with van der Waals surface area (Å²) in [7, 11) is 0. The molecular weight excluding hydrogens is 827 g/mol. The first-order valence-electron chi connectivity index (χ1n) is 25.7. The van der Waals surface area contributed by atoms with Crippen LogP contribution in [0.3, 0.4) is 0 Å². The fourth-order valence-electron chi connectivity index (χ4n) is 8.92. The van der Waals surface area contributed by atoms with Crippen LogP contribution in [0.4, 0.5) is 0 Å². The Kier molecular flexibility index (Phi) is 10.4. The summed E-state index contributed by atoms with van der Waals surface area (Å²) in [6, 6.07) is 47.3. The number of phenolic OH excluding ortho intramolecular Hbond substituents is 1. The smallest absolute Gasteiger partial charge is 0.149 e. The maximum absolute atomic E-state index is 12.7. The van der Waals surface area contributed by atoms with Crippen LogP contribution >= 0.6 is 0 Å². The Morgan fingerprint density at radius 3 is 1.68 bits per heavy atom. The highest BCUT2D eigenvalue weighted by Gasteiger charge is 2.30.